The van der Waals surface area contributed by atoms with E-state index in [-0.39, 0.29) is 5.91 Å². The minimum atomic E-state index is -0.565. The average Bonchev–Trinajstić information content (AvgIpc) is 2.90. The third-order valence-electron chi connectivity index (χ3n) is 3.84. The summed E-state index contributed by atoms with van der Waals surface area (Å²) in [4.78, 5) is 25.8. The van der Waals surface area contributed by atoms with Crippen LogP contribution in [-0.2, 0) is 9.53 Å². The Morgan fingerprint density at radius 2 is 1.77 bits per heavy atom. The summed E-state index contributed by atoms with van der Waals surface area (Å²) in [6.07, 6.45) is 0. The Labute approximate surface area is 158 Å². The predicted octanol–water partition coefficient (Wildman–Crippen LogP) is 4.89. The van der Waals surface area contributed by atoms with Gasteiger partial charge in [-0.25, -0.2) is 4.79 Å². The number of hydrogen-bond donors (Lipinski definition) is 1. The van der Waals surface area contributed by atoms with Gasteiger partial charge in [0.05, 0.1) is 13.7 Å². The number of esters is 1. The molecule has 0 unspecified atom stereocenters. The maximum Gasteiger partial charge on any atom is 0.341 e. The van der Waals surface area contributed by atoms with Crippen LogP contribution >= 0.6 is 11.3 Å². The number of nitrogens with one attached hydrogen (secondary N) is 1. The molecule has 6 heteroatoms. The number of aryl methyl sites for hydroxylation is 1. The van der Waals surface area contributed by atoms with Crippen molar-refractivity contribution in [1.29, 1.82) is 0 Å². The molecule has 0 atom stereocenters. The third kappa shape index (κ3) is 4.25. The Morgan fingerprint density at radius 1 is 1.15 bits per heavy atom. The summed E-state index contributed by atoms with van der Waals surface area (Å²) in [5, 5.41) is 3.39. The van der Waals surface area contributed by atoms with Gasteiger partial charge in [0.15, 0.2) is 0 Å². The molecule has 2 rings (SSSR count). The van der Waals surface area contributed by atoms with Crippen molar-refractivity contribution in [2.45, 2.75) is 34.6 Å². The van der Waals surface area contributed by atoms with Gasteiger partial charge in [0.25, 0.3) is 0 Å². The maximum atomic E-state index is 12.5. The van der Waals surface area contributed by atoms with E-state index in [1.165, 1.54) is 18.4 Å². The molecule has 0 aliphatic heterocycles. The first-order chi connectivity index (χ1) is 12.2. The van der Waals surface area contributed by atoms with Gasteiger partial charge in [0.1, 0.15) is 16.3 Å². The van der Waals surface area contributed by atoms with Crippen molar-refractivity contribution in [1.82, 2.24) is 0 Å². The van der Waals surface area contributed by atoms with E-state index >= 15 is 0 Å². The van der Waals surface area contributed by atoms with Crippen molar-refractivity contribution in [2.75, 3.05) is 19.0 Å². The van der Waals surface area contributed by atoms with E-state index in [1.54, 1.807) is 0 Å². The fraction of sp³-hybridized carbons (Fsp3) is 0.400. The van der Waals surface area contributed by atoms with Crippen molar-refractivity contribution < 1.29 is 19.1 Å². The number of methoxy groups -OCH3 is 1. The number of anilines is 1. The molecule has 0 spiro atoms. The molecule has 2 aromatic rings. The average molecular weight is 375 g/mol. The van der Waals surface area contributed by atoms with E-state index in [1.807, 2.05) is 58.9 Å². The lowest BCUT2D eigenvalue weighted by Crippen LogP contribution is -2.28. The number of carbonyl (C=O) groups excluding carboxylic acids is 2. The Balaban J connectivity index is 2.52. The number of hydrogen-bond acceptors (Lipinski definition) is 5. The zero-order valence-corrected chi connectivity index (χ0v) is 16.9. The summed E-state index contributed by atoms with van der Waals surface area (Å²) in [5.41, 5.74) is 1.47. The highest BCUT2D eigenvalue weighted by molar-refractivity contribution is 7.17. The molecule has 1 aromatic heterocycles. The van der Waals surface area contributed by atoms with Crippen LogP contribution in [0.5, 0.6) is 5.75 Å². The summed E-state index contributed by atoms with van der Waals surface area (Å²) in [6, 6.07) is 7.54. The topological polar surface area (TPSA) is 64.6 Å². The molecule has 26 heavy (non-hydrogen) atoms. The fourth-order valence-electron chi connectivity index (χ4n) is 2.45. The van der Waals surface area contributed by atoms with Crippen LogP contribution in [-0.4, -0.2) is 25.6 Å². The molecule has 0 bridgehead atoms. The quantitative estimate of drug-likeness (QED) is 0.756. The Bertz CT molecular complexity index is 800. The lowest BCUT2D eigenvalue weighted by molar-refractivity contribution is -0.123. The first-order valence-corrected chi connectivity index (χ1v) is 9.27. The van der Waals surface area contributed by atoms with E-state index < -0.39 is 11.4 Å². The van der Waals surface area contributed by atoms with Gasteiger partial charge in [-0.05, 0) is 31.5 Å². The van der Waals surface area contributed by atoms with E-state index in [2.05, 4.69) is 5.32 Å². The van der Waals surface area contributed by atoms with Gasteiger partial charge in [-0.2, -0.15) is 0 Å². The van der Waals surface area contributed by atoms with Crippen molar-refractivity contribution in [2.24, 2.45) is 5.41 Å². The van der Waals surface area contributed by atoms with Gasteiger partial charge >= 0.3 is 5.97 Å². The van der Waals surface area contributed by atoms with Crippen molar-refractivity contribution in [3.05, 3.63) is 34.7 Å². The van der Waals surface area contributed by atoms with E-state index in [4.69, 9.17) is 9.47 Å². The van der Waals surface area contributed by atoms with Crippen LogP contribution in [0.15, 0.2) is 24.3 Å². The number of benzene rings is 1. The lowest BCUT2D eigenvalue weighted by Gasteiger charge is -2.17. The monoisotopic (exact) mass is 375 g/mol. The number of rotatable bonds is 5. The van der Waals surface area contributed by atoms with Crippen LogP contribution in [0, 0.1) is 12.3 Å². The second-order valence-electron chi connectivity index (χ2n) is 6.89. The molecule has 0 fully saturated rings. The minimum absolute atomic E-state index is 0.151. The van der Waals surface area contributed by atoms with Crippen LogP contribution < -0.4 is 10.1 Å². The van der Waals surface area contributed by atoms with Crippen LogP contribution in [0.4, 0.5) is 5.00 Å². The van der Waals surface area contributed by atoms with Crippen LogP contribution in [0.1, 0.15) is 42.9 Å². The second kappa shape index (κ2) is 7.91. The molecule has 0 aliphatic carbocycles. The molecule has 0 saturated carbocycles. The molecule has 5 nitrogen and oxygen atoms in total. The molecule has 1 heterocycles. The van der Waals surface area contributed by atoms with Gasteiger partial charge in [0, 0.05) is 15.9 Å². The summed E-state index contributed by atoms with van der Waals surface area (Å²) in [5.74, 6) is 0.148. The van der Waals surface area contributed by atoms with Gasteiger partial charge in [-0.1, -0.05) is 32.9 Å². The van der Waals surface area contributed by atoms with Gasteiger partial charge in [0.2, 0.25) is 5.91 Å². The summed E-state index contributed by atoms with van der Waals surface area (Å²) in [6.45, 7) is 9.93. The van der Waals surface area contributed by atoms with Gasteiger partial charge < -0.3 is 14.8 Å². The molecule has 1 N–H and O–H groups in total. The highest BCUT2D eigenvalue weighted by Crippen LogP contribution is 2.41. The minimum Gasteiger partial charge on any atom is -0.494 e. The summed E-state index contributed by atoms with van der Waals surface area (Å²) < 4.78 is 10.4. The third-order valence-corrected chi connectivity index (χ3v) is 4.86. The Kier molecular flexibility index (Phi) is 6.08. The standard InChI is InChI=1S/C20H25NO4S/c1-7-25-14-10-8-13(9-11-14)15-12(2)26-17(16(15)18(22)24-6)21-19(23)20(3,4)5/h8-11H,7H2,1-6H3,(H,21,23). The SMILES string of the molecule is CCOc1ccc(-c2c(C)sc(NC(=O)C(C)(C)C)c2C(=O)OC)cc1. The zero-order chi connectivity index (χ0) is 19.5. The molecular formula is C20H25NO4S. The van der Waals surface area contributed by atoms with E-state index in [9.17, 15) is 9.59 Å². The molecule has 0 radical (unpaired) electrons. The summed E-state index contributed by atoms with van der Waals surface area (Å²) in [7, 11) is 1.34. The molecule has 1 amide bonds. The van der Waals surface area contributed by atoms with Crippen LogP contribution in [0.2, 0.25) is 0 Å². The van der Waals surface area contributed by atoms with E-state index in [0.29, 0.717) is 17.2 Å². The second-order valence-corrected chi connectivity index (χ2v) is 8.12. The maximum absolute atomic E-state index is 12.5. The highest BCUT2D eigenvalue weighted by atomic mass is 32.1. The predicted molar refractivity (Wildman–Crippen MR) is 105 cm³/mol. The van der Waals surface area contributed by atoms with Crippen LogP contribution in [0.25, 0.3) is 11.1 Å². The molecule has 140 valence electrons. The van der Waals surface area contributed by atoms with Gasteiger partial charge in [-0.3, -0.25) is 4.79 Å². The fourth-order valence-corrected chi connectivity index (χ4v) is 3.51. The highest BCUT2D eigenvalue weighted by Gasteiger charge is 2.28. The van der Waals surface area contributed by atoms with Crippen molar-refractivity contribution in [3.63, 3.8) is 0 Å². The zero-order valence-electron chi connectivity index (χ0n) is 16.1. The normalized spacial score (nSPS) is 11.2. The van der Waals surface area contributed by atoms with Crippen LogP contribution in [0.3, 0.4) is 0 Å². The van der Waals surface area contributed by atoms with Crippen molar-refractivity contribution in [3.8, 4) is 16.9 Å². The molecule has 0 saturated heterocycles. The summed E-state index contributed by atoms with van der Waals surface area (Å²) >= 11 is 1.37. The smallest absolute Gasteiger partial charge is 0.341 e. The number of thiophene rings is 1. The van der Waals surface area contributed by atoms with Crippen molar-refractivity contribution >= 4 is 28.2 Å². The molecule has 0 aliphatic rings. The number of amides is 1. The Morgan fingerprint density at radius 3 is 2.27 bits per heavy atom. The number of carbonyl (C=O) groups is 2. The molecule has 1 aromatic carbocycles. The molecular weight excluding hydrogens is 350 g/mol. The lowest BCUT2D eigenvalue weighted by atomic mass is 9.95. The van der Waals surface area contributed by atoms with E-state index in [0.717, 1.165) is 21.8 Å². The number of ether oxygens (including phenoxy) is 2. The first-order valence-electron chi connectivity index (χ1n) is 8.45. The van der Waals surface area contributed by atoms with Gasteiger partial charge in [-0.15, -0.1) is 11.3 Å². The first kappa shape index (κ1) is 20.0. The largest absolute Gasteiger partial charge is 0.494 e. The Hall–Kier alpha value is -2.34.